The first kappa shape index (κ1) is 18.9. The maximum Gasteiger partial charge on any atom is 0.334 e. The molecule has 5 nitrogen and oxygen atoms in total. The molecule has 0 spiro atoms. The number of allylic oxidation sites excluding steroid dienone is 1. The molecule has 1 saturated carbocycles. The molecule has 1 N–H and O–H groups in total. The summed E-state index contributed by atoms with van der Waals surface area (Å²) in [5.74, 6) is -0.717. The largest absolute Gasteiger partial charge is 0.448 e. The van der Waals surface area contributed by atoms with Crippen molar-refractivity contribution in [2.45, 2.75) is 55.6 Å². The van der Waals surface area contributed by atoms with Crippen LogP contribution in [0.4, 0.5) is 0 Å². The SMILES string of the molecule is C=CCCC(=O)N[C@]1(C(=O)OCC#N)C[C@H]1SSC(C)(C)C. The number of esters is 1. The van der Waals surface area contributed by atoms with Gasteiger partial charge in [-0.15, -0.1) is 6.58 Å². The van der Waals surface area contributed by atoms with Crippen LogP contribution in [0.25, 0.3) is 0 Å². The molecule has 2 atom stereocenters. The van der Waals surface area contributed by atoms with Crippen molar-refractivity contribution in [3.05, 3.63) is 12.7 Å². The van der Waals surface area contributed by atoms with Gasteiger partial charge in [0, 0.05) is 11.2 Å². The molecule has 1 amide bonds. The topological polar surface area (TPSA) is 79.2 Å². The minimum atomic E-state index is -0.988. The van der Waals surface area contributed by atoms with E-state index in [2.05, 4.69) is 32.7 Å². The van der Waals surface area contributed by atoms with Gasteiger partial charge in [0.1, 0.15) is 6.07 Å². The molecular formula is C15H22N2O3S2. The molecule has 1 fully saturated rings. The Hall–Kier alpha value is -1.13. The Bertz CT molecular complexity index is 482. The summed E-state index contributed by atoms with van der Waals surface area (Å²) in [4.78, 5) is 24.1. The van der Waals surface area contributed by atoms with Crippen LogP contribution >= 0.6 is 21.6 Å². The van der Waals surface area contributed by atoms with Crippen molar-refractivity contribution in [2.24, 2.45) is 0 Å². The molecule has 1 aliphatic carbocycles. The van der Waals surface area contributed by atoms with Gasteiger partial charge in [0.15, 0.2) is 12.1 Å². The van der Waals surface area contributed by atoms with Crippen LogP contribution in [0.1, 0.15) is 40.0 Å². The maximum atomic E-state index is 12.2. The molecule has 0 aliphatic heterocycles. The highest BCUT2D eigenvalue weighted by Gasteiger charge is 2.63. The van der Waals surface area contributed by atoms with E-state index in [1.807, 2.05) is 0 Å². The van der Waals surface area contributed by atoms with E-state index < -0.39 is 11.5 Å². The highest BCUT2D eigenvalue weighted by molar-refractivity contribution is 8.77. The Morgan fingerprint density at radius 2 is 2.23 bits per heavy atom. The number of carbonyl (C=O) groups excluding carboxylic acids is 2. The predicted molar refractivity (Wildman–Crippen MR) is 90.2 cm³/mol. The zero-order valence-electron chi connectivity index (χ0n) is 13.2. The van der Waals surface area contributed by atoms with Crippen molar-refractivity contribution in [3.63, 3.8) is 0 Å². The lowest BCUT2D eigenvalue weighted by Crippen LogP contribution is -2.46. The van der Waals surface area contributed by atoms with E-state index in [0.29, 0.717) is 19.3 Å². The van der Waals surface area contributed by atoms with Gasteiger partial charge < -0.3 is 10.1 Å². The fourth-order valence-electron chi connectivity index (χ4n) is 1.72. The number of rotatable bonds is 8. The van der Waals surface area contributed by atoms with Crippen LogP contribution in [0.2, 0.25) is 0 Å². The number of ether oxygens (including phenoxy) is 1. The van der Waals surface area contributed by atoms with Crippen LogP contribution in [-0.2, 0) is 14.3 Å². The Morgan fingerprint density at radius 3 is 2.77 bits per heavy atom. The minimum Gasteiger partial charge on any atom is -0.448 e. The van der Waals surface area contributed by atoms with Crippen molar-refractivity contribution in [1.82, 2.24) is 5.32 Å². The molecular weight excluding hydrogens is 320 g/mol. The maximum absolute atomic E-state index is 12.2. The third kappa shape index (κ3) is 5.58. The summed E-state index contributed by atoms with van der Waals surface area (Å²) in [7, 11) is 3.25. The highest BCUT2D eigenvalue weighted by atomic mass is 33.1. The molecule has 0 aromatic rings. The number of nitrogens with zero attached hydrogens (tertiary/aromatic N) is 1. The molecule has 1 aliphatic rings. The summed E-state index contributed by atoms with van der Waals surface area (Å²) >= 11 is 0. The van der Waals surface area contributed by atoms with Gasteiger partial charge in [-0.2, -0.15) is 5.26 Å². The van der Waals surface area contributed by atoms with Crippen molar-refractivity contribution in [1.29, 1.82) is 5.26 Å². The molecule has 0 aromatic carbocycles. The van der Waals surface area contributed by atoms with E-state index in [1.54, 1.807) is 33.7 Å². The van der Waals surface area contributed by atoms with Crippen molar-refractivity contribution < 1.29 is 14.3 Å². The predicted octanol–water partition coefficient (Wildman–Crippen LogP) is 2.83. The van der Waals surface area contributed by atoms with Crippen LogP contribution in [0.5, 0.6) is 0 Å². The Balaban J connectivity index is 2.68. The average Bonchev–Trinajstić information content (AvgIpc) is 3.14. The normalized spacial score (nSPS) is 23.3. The lowest BCUT2D eigenvalue weighted by atomic mass is 10.2. The highest BCUT2D eigenvalue weighted by Crippen LogP contribution is 2.53. The van der Waals surface area contributed by atoms with Crippen LogP contribution < -0.4 is 5.32 Å². The first-order chi connectivity index (χ1) is 10.2. The van der Waals surface area contributed by atoms with E-state index >= 15 is 0 Å². The van der Waals surface area contributed by atoms with Gasteiger partial charge in [0.05, 0.1) is 5.25 Å². The van der Waals surface area contributed by atoms with E-state index in [0.717, 1.165) is 0 Å². The van der Waals surface area contributed by atoms with Crippen molar-refractivity contribution in [2.75, 3.05) is 6.61 Å². The Morgan fingerprint density at radius 1 is 1.55 bits per heavy atom. The van der Waals surface area contributed by atoms with E-state index in [-0.39, 0.29) is 22.5 Å². The molecule has 0 unspecified atom stereocenters. The molecule has 0 aromatic heterocycles. The quantitative estimate of drug-likeness (QED) is 0.415. The second-order valence-electron chi connectivity index (χ2n) is 6.07. The zero-order valence-corrected chi connectivity index (χ0v) is 14.8. The van der Waals surface area contributed by atoms with E-state index in [1.165, 1.54) is 0 Å². The summed E-state index contributed by atoms with van der Waals surface area (Å²) in [6, 6.07) is 1.78. The second kappa shape index (κ2) is 7.93. The van der Waals surface area contributed by atoms with E-state index in [4.69, 9.17) is 10.00 Å². The lowest BCUT2D eigenvalue weighted by Gasteiger charge is -2.20. The lowest BCUT2D eigenvalue weighted by molar-refractivity contribution is -0.147. The van der Waals surface area contributed by atoms with Gasteiger partial charge in [0.25, 0.3) is 0 Å². The Labute approximate surface area is 139 Å². The number of carbonyl (C=O) groups is 2. The molecule has 0 bridgehead atoms. The molecule has 0 saturated heterocycles. The molecule has 122 valence electrons. The Kier molecular flexibility index (Phi) is 6.82. The van der Waals surface area contributed by atoms with Gasteiger partial charge >= 0.3 is 5.97 Å². The average molecular weight is 342 g/mol. The van der Waals surface area contributed by atoms with Crippen molar-refractivity contribution >= 4 is 33.5 Å². The van der Waals surface area contributed by atoms with Gasteiger partial charge in [-0.1, -0.05) is 48.4 Å². The van der Waals surface area contributed by atoms with Crippen LogP contribution in [0.15, 0.2) is 12.7 Å². The van der Waals surface area contributed by atoms with Gasteiger partial charge in [-0.3, -0.25) is 4.79 Å². The number of hydrogen-bond acceptors (Lipinski definition) is 6. The summed E-state index contributed by atoms with van der Waals surface area (Å²) in [6.07, 6.45) is 3.05. The van der Waals surface area contributed by atoms with Crippen molar-refractivity contribution in [3.8, 4) is 6.07 Å². The van der Waals surface area contributed by atoms with Crippen LogP contribution in [0.3, 0.4) is 0 Å². The van der Waals surface area contributed by atoms with Crippen LogP contribution in [-0.4, -0.2) is 34.0 Å². The molecule has 7 heteroatoms. The smallest absolute Gasteiger partial charge is 0.334 e. The fourth-order valence-corrected chi connectivity index (χ4v) is 4.69. The number of amides is 1. The summed E-state index contributed by atoms with van der Waals surface area (Å²) in [5.41, 5.74) is -0.988. The second-order valence-corrected chi connectivity index (χ2v) is 9.30. The number of hydrogen-bond donors (Lipinski definition) is 1. The first-order valence-corrected chi connectivity index (χ1v) is 9.27. The molecule has 0 heterocycles. The summed E-state index contributed by atoms with van der Waals surface area (Å²) < 4.78 is 4.99. The first-order valence-electron chi connectivity index (χ1n) is 7.06. The third-order valence-electron chi connectivity index (χ3n) is 2.88. The molecule has 1 rings (SSSR count). The van der Waals surface area contributed by atoms with Gasteiger partial charge in [0.2, 0.25) is 5.91 Å². The standard InChI is InChI=1S/C15H22N2O3S2/c1-5-6-7-12(18)17-15(13(19)20-9-8-16)10-11(15)21-22-14(2,3)4/h5,11H,1,6-7,9-10H2,2-4H3,(H,17,18)/t11-,15-/m1/s1. The van der Waals surface area contributed by atoms with Gasteiger partial charge in [-0.05, 0) is 12.8 Å². The summed E-state index contributed by atoms with van der Waals surface area (Å²) in [5, 5.41) is 11.3. The van der Waals surface area contributed by atoms with Crippen LogP contribution in [0, 0.1) is 11.3 Å². The number of nitriles is 1. The zero-order chi connectivity index (χ0) is 16.8. The molecule has 0 radical (unpaired) electrons. The minimum absolute atomic E-state index is 0.0319. The molecule has 22 heavy (non-hydrogen) atoms. The summed E-state index contributed by atoms with van der Waals surface area (Å²) in [6.45, 7) is 9.54. The van der Waals surface area contributed by atoms with E-state index in [9.17, 15) is 9.59 Å². The fraction of sp³-hybridized carbons (Fsp3) is 0.667. The monoisotopic (exact) mass is 342 g/mol. The number of nitrogens with one attached hydrogen (secondary N) is 1. The van der Waals surface area contributed by atoms with Gasteiger partial charge in [-0.25, -0.2) is 4.79 Å². The third-order valence-corrected chi connectivity index (χ3v) is 6.76.